The number of ether oxygens (including phenoxy) is 1. The van der Waals surface area contributed by atoms with E-state index in [1.807, 2.05) is 26.0 Å². The summed E-state index contributed by atoms with van der Waals surface area (Å²) in [5, 5.41) is 9.26. The predicted molar refractivity (Wildman–Crippen MR) is 82.9 cm³/mol. The average Bonchev–Trinajstić information content (AvgIpc) is 2.91. The van der Waals surface area contributed by atoms with Crippen LogP contribution in [0.2, 0.25) is 0 Å². The number of carbonyl (C=O) groups excluding carboxylic acids is 1. The Hall–Kier alpha value is -2.34. The summed E-state index contributed by atoms with van der Waals surface area (Å²) in [6.45, 7) is 4.26. The number of aryl methyl sites for hydroxylation is 2. The summed E-state index contributed by atoms with van der Waals surface area (Å²) in [5.41, 5.74) is 3.08. The standard InChI is InChI=1S/C16H21N3O3/c1-11-5-4-6-13(15(11)22-3)16(21)19(7-8-20)9-14-12(2)17-10-18-14/h4-6,10,20H,7-9H2,1-3H3,(H,17,18). The SMILES string of the molecule is COc1c(C)cccc1C(=O)N(CCO)Cc1nc[nH]c1C. The van der Waals surface area contributed by atoms with E-state index >= 15 is 0 Å². The summed E-state index contributed by atoms with van der Waals surface area (Å²) >= 11 is 0. The highest BCUT2D eigenvalue weighted by Gasteiger charge is 2.21. The number of imidazole rings is 1. The number of para-hydroxylation sites is 1. The van der Waals surface area contributed by atoms with E-state index in [1.165, 1.54) is 0 Å². The highest BCUT2D eigenvalue weighted by atomic mass is 16.5. The van der Waals surface area contributed by atoms with Crippen LogP contribution in [-0.2, 0) is 6.54 Å². The maximum atomic E-state index is 12.8. The van der Waals surface area contributed by atoms with Crippen molar-refractivity contribution in [1.82, 2.24) is 14.9 Å². The number of hydrogen-bond acceptors (Lipinski definition) is 4. The van der Waals surface area contributed by atoms with Gasteiger partial charge in [-0.1, -0.05) is 12.1 Å². The van der Waals surface area contributed by atoms with Gasteiger partial charge in [0.05, 0.1) is 37.8 Å². The molecular formula is C16H21N3O3. The molecule has 118 valence electrons. The number of aromatic amines is 1. The minimum absolute atomic E-state index is 0.108. The molecule has 1 amide bonds. The molecule has 0 unspecified atom stereocenters. The maximum absolute atomic E-state index is 12.8. The van der Waals surface area contributed by atoms with E-state index in [0.29, 0.717) is 17.9 Å². The highest BCUT2D eigenvalue weighted by Crippen LogP contribution is 2.24. The predicted octanol–water partition coefficient (Wildman–Crippen LogP) is 1.67. The van der Waals surface area contributed by atoms with Crippen LogP contribution < -0.4 is 4.74 Å². The summed E-state index contributed by atoms with van der Waals surface area (Å²) in [6, 6.07) is 5.45. The summed E-state index contributed by atoms with van der Waals surface area (Å²) < 4.78 is 5.35. The molecule has 0 spiro atoms. The summed E-state index contributed by atoms with van der Waals surface area (Å²) in [6.07, 6.45) is 1.60. The van der Waals surface area contributed by atoms with Gasteiger partial charge in [0.25, 0.3) is 5.91 Å². The number of hydrogen-bond donors (Lipinski definition) is 2. The van der Waals surface area contributed by atoms with E-state index in [9.17, 15) is 9.90 Å². The molecule has 0 saturated carbocycles. The maximum Gasteiger partial charge on any atom is 0.258 e. The summed E-state index contributed by atoms with van der Waals surface area (Å²) in [5.74, 6) is 0.381. The molecule has 0 radical (unpaired) electrons. The Morgan fingerprint density at radius 2 is 2.18 bits per heavy atom. The molecule has 0 fully saturated rings. The van der Waals surface area contributed by atoms with Crippen LogP contribution in [0.1, 0.15) is 27.3 Å². The minimum atomic E-state index is -0.183. The Morgan fingerprint density at radius 1 is 1.41 bits per heavy atom. The number of rotatable bonds is 6. The van der Waals surface area contributed by atoms with Crippen LogP contribution in [0, 0.1) is 13.8 Å². The van der Waals surface area contributed by atoms with Crippen LogP contribution in [0.4, 0.5) is 0 Å². The molecule has 6 nitrogen and oxygen atoms in total. The first kappa shape index (κ1) is 16.0. The Morgan fingerprint density at radius 3 is 2.77 bits per heavy atom. The van der Waals surface area contributed by atoms with Gasteiger partial charge in [0.1, 0.15) is 5.75 Å². The second-order valence-corrected chi connectivity index (χ2v) is 5.08. The van der Waals surface area contributed by atoms with Crippen molar-refractivity contribution in [2.45, 2.75) is 20.4 Å². The third kappa shape index (κ3) is 3.28. The fourth-order valence-electron chi connectivity index (χ4n) is 2.36. The van der Waals surface area contributed by atoms with Crippen molar-refractivity contribution < 1.29 is 14.6 Å². The van der Waals surface area contributed by atoms with Crippen LogP contribution in [0.15, 0.2) is 24.5 Å². The number of aliphatic hydroxyl groups is 1. The van der Waals surface area contributed by atoms with E-state index in [2.05, 4.69) is 9.97 Å². The van der Waals surface area contributed by atoms with E-state index in [0.717, 1.165) is 17.0 Å². The minimum Gasteiger partial charge on any atom is -0.496 e. The van der Waals surface area contributed by atoms with Gasteiger partial charge in [-0.25, -0.2) is 4.98 Å². The molecule has 2 rings (SSSR count). The van der Waals surface area contributed by atoms with E-state index in [-0.39, 0.29) is 19.1 Å². The van der Waals surface area contributed by atoms with Crippen LogP contribution in [0.3, 0.4) is 0 Å². The zero-order valence-corrected chi connectivity index (χ0v) is 13.1. The zero-order valence-electron chi connectivity index (χ0n) is 13.1. The first-order chi connectivity index (χ1) is 10.6. The number of methoxy groups -OCH3 is 1. The van der Waals surface area contributed by atoms with Crippen LogP contribution in [0.5, 0.6) is 5.75 Å². The molecule has 2 N–H and O–H groups in total. The van der Waals surface area contributed by atoms with Gasteiger partial charge in [0.15, 0.2) is 0 Å². The van der Waals surface area contributed by atoms with Gasteiger partial charge >= 0.3 is 0 Å². The van der Waals surface area contributed by atoms with Crippen molar-refractivity contribution in [3.63, 3.8) is 0 Å². The monoisotopic (exact) mass is 303 g/mol. The quantitative estimate of drug-likeness (QED) is 0.851. The Labute approximate surface area is 129 Å². The van der Waals surface area contributed by atoms with Gasteiger partial charge in [-0.3, -0.25) is 4.79 Å². The Bertz CT molecular complexity index is 652. The number of nitrogens with one attached hydrogen (secondary N) is 1. The zero-order chi connectivity index (χ0) is 16.1. The van der Waals surface area contributed by atoms with Gasteiger partial charge in [-0.05, 0) is 25.5 Å². The van der Waals surface area contributed by atoms with Gasteiger partial charge in [0.2, 0.25) is 0 Å². The molecule has 0 aliphatic carbocycles. The smallest absolute Gasteiger partial charge is 0.258 e. The molecule has 0 saturated heterocycles. The topological polar surface area (TPSA) is 78.4 Å². The average molecular weight is 303 g/mol. The molecule has 0 aliphatic heterocycles. The Kier molecular flexibility index (Phi) is 5.16. The normalized spacial score (nSPS) is 10.5. The molecule has 1 aromatic heterocycles. The lowest BCUT2D eigenvalue weighted by atomic mass is 10.1. The molecular weight excluding hydrogens is 282 g/mol. The van der Waals surface area contributed by atoms with Crippen molar-refractivity contribution in [1.29, 1.82) is 0 Å². The van der Waals surface area contributed by atoms with Crippen molar-refractivity contribution in [3.05, 3.63) is 47.0 Å². The fraction of sp³-hybridized carbons (Fsp3) is 0.375. The molecule has 1 heterocycles. The molecule has 0 bridgehead atoms. The van der Waals surface area contributed by atoms with Crippen LogP contribution in [-0.4, -0.2) is 46.1 Å². The van der Waals surface area contributed by atoms with Crippen molar-refractivity contribution in [3.8, 4) is 5.75 Å². The fourth-order valence-corrected chi connectivity index (χ4v) is 2.36. The first-order valence-corrected chi connectivity index (χ1v) is 7.11. The lowest BCUT2D eigenvalue weighted by Crippen LogP contribution is -2.33. The number of H-pyrrole nitrogens is 1. The molecule has 0 aliphatic rings. The number of aromatic nitrogens is 2. The third-order valence-corrected chi connectivity index (χ3v) is 3.58. The van der Waals surface area contributed by atoms with E-state index in [4.69, 9.17) is 4.74 Å². The largest absolute Gasteiger partial charge is 0.496 e. The second kappa shape index (κ2) is 7.09. The summed E-state index contributed by atoms with van der Waals surface area (Å²) in [7, 11) is 1.55. The molecule has 22 heavy (non-hydrogen) atoms. The van der Waals surface area contributed by atoms with Crippen molar-refractivity contribution in [2.24, 2.45) is 0 Å². The number of amides is 1. The van der Waals surface area contributed by atoms with Gasteiger partial charge in [-0.2, -0.15) is 0 Å². The number of carbonyl (C=O) groups is 1. The van der Waals surface area contributed by atoms with E-state index in [1.54, 1.807) is 24.4 Å². The third-order valence-electron chi connectivity index (χ3n) is 3.58. The highest BCUT2D eigenvalue weighted by molar-refractivity contribution is 5.97. The molecule has 1 aromatic carbocycles. The van der Waals surface area contributed by atoms with Crippen LogP contribution in [0.25, 0.3) is 0 Å². The van der Waals surface area contributed by atoms with Gasteiger partial charge in [0, 0.05) is 12.2 Å². The number of nitrogens with zero attached hydrogens (tertiary/aromatic N) is 2. The van der Waals surface area contributed by atoms with Crippen molar-refractivity contribution in [2.75, 3.05) is 20.3 Å². The van der Waals surface area contributed by atoms with Crippen molar-refractivity contribution >= 4 is 5.91 Å². The molecule has 2 aromatic rings. The molecule has 6 heteroatoms. The first-order valence-electron chi connectivity index (χ1n) is 7.11. The van der Waals surface area contributed by atoms with Crippen LogP contribution >= 0.6 is 0 Å². The lowest BCUT2D eigenvalue weighted by Gasteiger charge is -2.22. The second-order valence-electron chi connectivity index (χ2n) is 5.08. The Balaban J connectivity index is 2.30. The number of aliphatic hydroxyl groups excluding tert-OH is 1. The lowest BCUT2D eigenvalue weighted by molar-refractivity contribution is 0.0702. The molecule has 0 atom stereocenters. The summed E-state index contributed by atoms with van der Waals surface area (Å²) in [4.78, 5) is 21.6. The number of benzene rings is 1. The van der Waals surface area contributed by atoms with Gasteiger partial charge < -0.3 is 19.7 Å². The van der Waals surface area contributed by atoms with E-state index < -0.39 is 0 Å². The van der Waals surface area contributed by atoms with Gasteiger partial charge in [-0.15, -0.1) is 0 Å².